The Bertz CT molecular complexity index is 3580. The lowest BCUT2D eigenvalue weighted by molar-refractivity contribution is -0.156. The molecule has 3 heterocycles. The van der Waals surface area contributed by atoms with Gasteiger partial charge in [-0.25, -0.2) is 44.3 Å². The molecular formula is C76H114Cl3N13O13. The number of aromatic nitrogens is 6. The van der Waals surface area contributed by atoms with Crippen molar-refractivity contribution in [1.82, 2.24) is 29.9 Å². The summed E-state index contributed by atoms with van der Waals surface area (Å²) in [4.78, 5) is 101. The third kappa shape index (κ3) is 37.5. The van der Waals surface area contributed by atoms with Gasteiger partial charge >= 0.3 is 27.9 Å². The Labute approximate surface area is 636 Å². The zero-order valence-electron chi connectivity index (χ0n) is 64.2. The number of nitrogens with two attached hydrogens (primary N) is 2. The van der Waals surface area contributed by atoms with Gasteiger partial charge in [0.05, 0.1) is 79.3 Å². The van der Waals surface area contributed by atoms with Crippen LogP contribution in [0.5, 0.6) is 17.2 Å². The standard InChI is InChI=1S/C25H36N4O4.C24H34N4O4.C19H32N2O3.C4H5N3.C3H3Cl3O2.CH4/c1-17(2)14-29(15-18(3)4)22-9-8-20(33-25(5,6)24(31)32-7)11-21(22)28-23(30)10-19-12-26-16-27-13-19;1-16(2)13-28(14-17(3)4)21-8-7-19(32-24(5,6)23(30)31)10-20(21)27-22(29)9-18-11-25-15-26-12-18;1-13(2)11-21(12-14(3)4)17-9-8-15(10-16(17)20)24-19(5,6)18(22)23-7;5-4-1-6-3-7-2-4;1-2(7)8-3(4,5)6;/h8-9,11-13,16-18H,10,14-15H2,1-7H3,(H,28,30);7-8,10-12,15-17H,9,13-14H2,1-6H3,(H,27,29)(H,30,31);8-10,13-14H,11-12,20H2,1-7H3;1-3H,5H2;1H3;1H4. The maximum atomic E-state index is 12.9. The lowest BCUT2D eigenvalue weighted by atomic mass is 10.1. The minimum absolute atomic E-state index is 0. The average molecular weight is 1520 g/mol. The Kier molecular flexibility index (Phi) is 40.6. The summed E-state index contributed by atoms with van der Waals surface area (Å²) < 4.78 is 29.2. The van der Waals surface area contributed by atoms with Crippen molar-refractivity contribution >= 4 is 110 Å². The lowest BCUT2D eigenvalue weighted by Crippen LogP contribution is -2.39. The zero-order chi connectivity index (χ0) is 78.9. The van der Waals surface area contributed by atoms with Crippen LogP contribution in [-0.4, -0.2) is 145 Å². The topological polar surface area (TPSA) is 341 Å². The van der Waals surface area contributed by atoms with Crippen molar-refractivity contribution in [3.63, 3.8) is 0 Å². The number of hydrogen-bond acceptors (Lipinski definition) is 23. The fourth-order valence-electron chi connectivity index (χ4n) is 9.83. The molecule has 105 heavy (non-hydrogen) atoms. The van der Waals surface area contributed by atoms with Gasteiger partial charge in [0.15, 0.2) is 16.8 Å². The summed E-state index contributed by atoms with van der Waals surface area (Å²) in [5, 5.41) is 15.4. The number of halogens is 3. The molecule has 6 aromatic rings. The van der Waals surface area contributed by atoms with E-state index in [-0.39, 0.29) is 32.1 Å². The van der Waals surface area contributed by atoms with E-state index >= 15 is 0 Å². The van der Waals surface area contributed by atoms with E-state index in [4.69, 9.17) is 70.0 Å². The number of carboxylic acids is 1. The Morgan fingerprint density at radius 3 is 1.00 bits per heavy atom. The van der Waals surface area contributed by atoms with Crippen molar-refractivity contribution in [1.29, 1.82) is 0 Å². The monoisotopic (exact) mass is 1520 g/mol. The minimum atomic E-state index is -1.91. The first kappa shape index (κ1) is 94.0. The summed E-state index contributed by atoms with van der Waals surface area (Å²) in [6, 6.07) is 16.4. The largest absolute Gasteiger partial charge is 0.478 e. The van der Waals surface area contributed by atoms with Gasteiger partial charge in [0.2, 0.25) is 11.8 Å². The first-order valence-corrected chi connectivity index (χ1v) is 35.2. The van der Waals surface area contributed by atoms with E-state index in [1.807, 2.05) is 30.3 Å². The number of carboxylic acid groups (broad SMARTS) is 1. The van der Waals surface area contributed by atoms with E-state index < -0.39 is 44.7 Å². The predicted octanol–water partition coefficient (Wildman–Crippen LogP) is 14.4. The summed E-state index contributed by atoms with van der Waals surface area (Å²) in [6.45, 7) is 42.0. The molecule has 0 radical (unpaired) electrons. The molecule has 0 atom stereocenters. The highest BCUT2D eigenvalue weighted by Gasteiger charge is 2.34. The first-order valence-electron chi connectivity index (χ1n) is 34.1. The van der Waals surface area contributed by atoms with Crippen molar-refractivity contribution in [3.8, 4) is 17.2 Å². The highest BCUT2D eigenvalue weighted by Crippen LogP contribution is 2.37. The Morgan fingerprint density at radius 2 is 0.752 bits per heavy atom. The minimum Gasteiger partial charge on any atom is -0.478 e. The van der Waals surface area contributed by atoms with E-state index in [0.717, 1.165) is 68.8 Å². The quantitative estimate of drug-likeness (QED) is 0.0121. The Hall–Kier alpha value is -9.01. The smallest absolute Gasteiger partial charge is 0.349 e. The SMILES string of the molecule is C.CC(=O)OC(Cl)(Cl)Cl.CC(C)CN(CC(C)C)c1ccc(OC(C)(C)C(=O)O)cc1NC(=O)Cc1cncnc1.COC(=O)C(C)(C)Oc1ccc(N(CC(C)C)CC(C)C)c(N)c1.COC(=O)C(C)(C)Oc1ccc(N(CC(C)C)CC(C)C)c(NC(=O)Cc2cncnc2)c1.Nc1cncnc1. The molecule has 3 aromatic heterocycles. The molecule has 0 saturated heterocycles. The highest BCUT2D eigenvalue weighted by molar-refractivity contribution is 6.66. The molecule has 0 saturated carbocycles. The summed E-state index contributed by atoms with van der Waals surface area (Å²) in [6.07, 6.45) is 14.1. The van der Waals surface area contributed by atoms with E-state index in [0.29, 0.717) is 81.1 Å². The number of carbonyl (C=O) groups is 6. The van der Waals surface area contributed by atoms with Crippen LogP contribution in [0.25, 0.3) is 0 Å². The van der Waals surface area contributed by atoms with Gasteiger partial charge < -0.3 is 70.3 Å². The predicted molar refractivity (Wildman–Crippen MR) is 419 cm³/mol. The highest BCUT2D eigenvalue weighted by atomic mass is 35.6. The van der Waals surface area contributed by atoms with Crippen LogP contribution in [0.2, 0.25) is 0 Å². The molecule has 0 aliphatic rings. The van der Waals surface area contributed by atoms with Crippen LogP contribution in [-0.2, 0) is 55.8 Å². The normalized spacial score (nSPS) is 11.2. The van der Waals surface area contributed by atoms with E-state index in [1.165, 1.54) is 47.0 Å². The van der Waals surface area contributed by atoms with E-state index in [9.17, 15) is 33.9 Å². The van der Waals surface area contributed by atoms with E-state index in [1.54, 1.807) is 89.1 Å². The molecule has 0 spiro atoms. The summed E-state index contributed by atoms with van der Waals surface area (Å²) in [5.41, 5.74) is 14.5. The number of aliphatic carboxylic acids is 1. The second-order valence-electron chi connectivity index (χ2n) is 28.4. The van der Waals surface area contributed by atoms with Gasteiger partial charge in [0, 0.05) is 89.2 Å². The number of anilines is 7. The second kappa shape index (κ2) is 45.4. The number of benzene rings is 3. The third-order valence-electron chi connectivity index (χ3n) is 13.8. The number of carbonyl (C=O) groups excluding carboxylic acids is 5. The number of methoxy groups -OCH3 is 2. The van der Waals surface area contributed by atoms with Crippen molar-refractivity contribution < 1.29 is 62.3 Å². The summed E-state index contributed by atoms with van der Waals surface area (Å²) in [5.74, 6) is 1.16. The molecule has 0 bridgehead atoms. The van der Waals surface area contributed by atoms with Gasteiger partial charge in [-0.3, -0.25) is 14.4 Å². The van der Waals surface area contributed by atoms with E-state index in [2.05, 4.69) is 143 Å². The number of rotatable bonds is 30. The van der Waals surface area contributed by atoms with Crippen LogP contribution in [0, 0.1) is 35.5 Å². The van der Waals surface area contributed by atoms with Crippen molar-refractivity contribution in [2.45, 2.75) is 173 Å². The van der Waals surface area contributed by atoms with Crippen LogP contribution >= 0.6 is 34.8 Å². The van der Waals surface area contributed by atoms with Crippen LogP contribution in [0.4, 0.5) is 39.8 Å². The molecule has 2 amide bonds. The Balaban J connectivity index is 0.000000716. The number of nitrogen functional groups attached to an aromatic ring is 2. The number of amides is 2. The fourth-order valence-corrected chi connectivity index (χ4v) is 10.2. The van der Waals surface area contributed by atoms with Gasteiger partial charge in [-0.05, 0) is 159 Å². The van der Waals surface area contributed by atoms with Gasteiger partial charge in [-0.15, -0.1) is 0 Å². The molecule has 6 rings (SSSR count). The average Bonchev–Trinajstić information content (AvgIpc) is 0.821. The molecule has 0 aliphatic carbocycles. The number of nitrogens with one attached hydrogen (secondary N) is 2. The van der Waals surface area contributed by atoms with Crippen LogP contribution in [0.3, 0.4) is 0 Å². The van der Waals surface area contributed by atoms with Crippen LogP contribution in [0.15, 0.2) is 111 Å². The second-order valence-corrected chi connectivity index (χ2v) is 30.6. The molecule has 7 N–H and O–H groups in total. The molecule has 0 fully saturated rings. The number of esters is 3. The summed E-state index contributed by atoms with van der Waals surface area (Å²) >= 11 is 15.0. The van der Waals surface area contributed by atoms with Crippen LogP contribution in [0.1, 0.15) is 150 Å². The number of hydrogen-bond donors (Lipinski definition) is 5. The molecular weight excluding hydrogens is 1410 g/mol. The van der Waals surface area contributed by atoms with Gasteiger partial charge in [-0.1, -0.05) is 90.5 Å². The maximum absolute atomic E-state index is 12.9. The van der Waals surface area contributed by atoms with Gasteiger partial charge in [0.1, 0.15) is 36.2 Å². The van der Waals surface area contributed by atoms with Crippen LogP contribution < -0.4 is 51.0 Å². The number of nitrogens with zero attached hydrogens (tertiary/aromatic N) is 9. The lowest BCUT2D eigenvalue weighted by Gasteiger charge is -2.31. The van der Waals surface area contributed by atoms with Crippen molar-refractivity contribution in [2.75, 3.05) is 90.3 Å². The molecule has 26 nitrogen and oxygen atoms in total. The number of ether oxygens (including phenoxy) is 6. The molecule has 582 valence electrons. The third-order valence-corrected chi connectivity index (χ3v) is 14.0. The fraction of sp³-hybridized carbons (Fsp3) is 0.526. The zero-order valence-corrected chi connectivity index (χ0v) is 66.4. The summed E-state index contributed by atoms with van der Waals surface area (Å²) in [7, 11) is 2.67. The van der Waals surface area contributed by atoms with Crippen molar-refractivity contribution in [2.24, 2.45) is 35.5 Å². The number of alkyl halides is 3. The molecule has 29 heteroatoms. The molecule has 3 aromatic carbocycles. The molecule has 0 aliphatic heterocycles. The maximum Gasteiger partial charge on any atom is 0.349 e. The Morgan fingerprint density at radius 1 is 0.467 bits per heavy atom. The van der Waals surface area contributed by atoms with Gasteiger partial charge in [0.25, 0.3) is 0 Å². The molecule has 0 unspecified atom stereocenters. The van der Waals surface area contributed by atoms with Crippen molar-refractivity contribution in [3.05, 3.63) is 122 Å². The first-order chi connectivity index (χ1) is 48.4. The van der Waals surface area contributed by atoms with Gasteiger partial charge in [-0.2, -0.15) is 0 Å².